The molecule has 0 bridgehead atoms. The van der Waals surface area contributed by atoms with Gasteiger partial charge in [-0.25, -0.2) is 8.42 Å². The average molecular weight is 328 g/mol. The van der Waals surface area contributed by atoms with Crippen LogP contribution < -0.4 is 15.2 Å². The zero-order valence-corrected chi connectivity index (χ0v) is 13.3. The number of benzene rings is 1. The van der Waals surface area contributed by atoms with Crippen molar-refractivity contribution in [2.24, 2.45) is 0 Å². The highest BCUT2D eigenvalue weighted by Crippen LogP contribution is 2.28. The molecule has 0 unspecified atom stereocenters. The second-order valence-corrected chi connectivity index (χ2v) is 6.81. The van der Waals surface area contributed by atoms with E-state index >= 15 is 0 Å². The highest BCUT2D eigenvalue weighted by molar-refractivity contribution is 7.93. The van der Waals surface area contributed by atoms with E-state index in [0.29, 0.717) is 18.7 Å². The number of nitrogens with two attached hydrogens (primary N) is 1. The predicted molar refractivity (Wildman–Crippen MR) is 82.1 cm³/mol. The van der Waals surface area contributed by atoms with Crippen molar-refractivity contribution in [3.05, 3.63) is 23.2 Å². The number of nitrogens with zero attached hydrogens (tertiary/aromatic N) is 2. The summed E-state index contributed by atoms with van der Waals surface area (Å²) in [6, 6.07) is 4.48. The van der Waals surface area contributed by atoms with E-state index in [9.17, 15) is 8.42 Å². The van der Waals surface area contributed by atoms with Gasteiger partial charge in [-0.2, -0.15) is 0 Å². The summed E-state index contributed by atoms with van der Waals surface area (Å²) in [4.78, 5) is -0.0161. The molecule has 9 heteroatoms. The molecule has 2 rings (SSSR count). The Balaban J connectivity index is 2.36. The summed E-state index contributed by atoms with van der Waals surface area (Å²) in [6.07, 6.45) is 0.696. The van der Waals surface area contributed by atoms with Gasteiger partial charge in [-0.1, -0.05) is 18.3 Å². The molecule has 1 heterocycles. The second-order valence-electron chi connectivity index (χ2n) is 4.10. The van der Waals surface area contributed by atoms with Crippen molar-refractivity contribution < 1.29 is 13.2 Å². The fourth-order valence-corrected chi connectivity index (χ4v) is 3.71. The van der Waals surface area contributed by atoms with Crippen LogP contribution in [0.5, 0.6) is 5.75 Å². The van der Waals surface area contributed by atoms with Gasteiger partial charge in [-0.15, -0.1) is 10.2 Å². The van der Waals surface area contributed by atoms with E-state index in [0.717, 1.165) is 5.01 Å². The molecule has 0 saturated carbocycles. The molecule has 1 aromatic carbocycles. The number of nitrogen functional groups attached to an aromatic ring is 1. The van der Waals surface area contributed by atoms with Gasteiger partial charge in [-0.3, -0.25) is 4.72 Å². The van der Waals surface area contributed by atoms with Gasteiger partial charge in [0, 0.05) is 5.69 Å². The lowest BCUT2D eigenvalue weighted by atomic mass is 10.3. The van der Waals surface area contributed by atoms with Crippen LogP contribution in [0.3, 0.4) is 0 Å². The summed E-state index contributed by atoms with van der Waals surface area (Å²) in [5, 5.41) is 8.65. The van der Waals surface area contributed by atoms with E-state index in [1.165, 1.54) is 23.5 Å². The van der Waals surface area contributed by atoms with Crippen LogP contribution in [0.2, 0.25) is 0 Å². The fourth-order valence-electron chi connectivity index (χ4n) is 1.62. The number of rotatable bonds is 6. The van der Waals surface area contributed by atoms with Gasteiger partial charge >= 0.3 is 0 Å². The van der Waals surface area contributed by atoms with Crippen LogP contribution in [0, 0.1) is 0 Å². The van der Waals surface area contributed by atoms with Crippen LogP contribution in [0.1, 0.15) is 18.9 Å². The van der Waals surface area contributed by atoms with E-state index in [1.54, 1.807) is 13.0 Å². The van der Waals surface area contributed by atoms with Crippen LogP contribution in [0.4, 0.5) is 10.8 Å². The number of hydrogen-bond donors (Lipinski definition) is 2. The molecule has 0 radical (unpaired) electrons. The average Bonchev–Trinajstić information content (AvgIpc) is 2.88. The topological polar surface area (TPSA) is 107 Å². The van der Waals surface area contributed by atoms with Crippen molar-refractivity contribution in [3.63, 3.8) is 0 Å². The lowest BCUT2D eigenvalue weighted by Crippen LogP contribution is -2.14. The Morgan fingerprint density at radius 3 is 2.71 bits per heavy atom. The van der Waals surface area contributed by atoms with E-state index in [-0.39, 0.29) is 15.8 Å². The molecule has 0 spiro atoms. The van der Waals surface area contributed by atoms with Crippen molar-refractivity contribution in [1.29, 1.82) is 0 Å². The summed E-state index contributed by atoms with van der Waals surface area (Å²) >= 11 is 1.19. The third kappa shape index (κ3) is 3.61. The van der Waals surface area contributed by atoms with Gasteiger partial charge in [0.2, 0.25) is 5.13 Å². The minimum Gasteiger partial charge on any atom is -0.492 e. The van der Waals surface area contributed by atoms with Gasteiger partial charge in [0.1, 0.15) is 15.7 Å². The highest BCUT2D eigenvalue weighted by Gasteiger charge is 2.22. The van der Waals surface area contributed by atoms with Crippen LogP contribution in [0.25, 0.3) is 0 Å². The Morgan fingerprint density at radius 1 is 1.33 bits per heavy atom. The highest BCUT2D eigenvalue weighted by atomic mass is 32.2. The minimum atomic E-state index is -3.83. The lowest BCUT2D eigenvalue weighted by molar-refractivity contribution is 0.331. The number of anilines is 2. The van der Waals surface area contributed by atoms with Gasteiger partial charge in [0.15, 0.2) is 0 Å². The molecule has 21 heavy (non-hydrogen) atoms. The summed E-state index contributed by atoms with van der Waals surface area (Å²) < 4.78 is 32.6. The Kier molecular flexibility index (Phi) is 4.63. The molecule has 1 aromatic heterocycles. The SMILES string of the molecule is CCOc1ccc(N)cc1S(=O)(=O)Nc1nnc(CC)s1. The number of hydrogen-bond acceptors (Lipinski definition) is 7. The van der Waals surface area contributed by atoms with E-state index in [4.69, 9.17) is 10.5 Å². The standard InChI is InChI=1S/C12H16N4O3S2/c1-3-11-14-15-12(20-11)16-21(17,18)10-7-8(13)5-6-9(10)19-4-2/h5-7H,3-4,13H2,1-2H3,(H,15,16). The van der Waals surface area contributed by atoms with E-state index in [1.807, 2.05) is 6.92 Å². The zero-order chi connectivity index (χ0) is 15.5. The van der Waals surface area contributed by atoms with E-state index in [2.05, 4.69) is 14.9 Å². The molecule has 0 fully saturated rings. The maximum atomic E-state index is 12.4. The van der Waals surface area contributed by atoms with E-state index < -0.39 is 10.0 Å². The Bertz CT molecular complexity index is 728. The molecule has 114 valence electrons. The quantitative estimate of drug-likeness (QED) is 0.784. The molecule has 7 nitrogen and oxygen atoms in total. The van der Waals surface area contributed by atoms with Crippen molar-refractivity contribution in [2.45, 2.75) is 25.2 Å². The van der Waals surface area contributed by atoms with Crippen molar-refractivity contribution in [2.75, 3.05) is 17.1 Å². The lowest BCUT2D eigenvalue weighted by Gasteiger charge is -2.11. The first-order chi connectivity index (χ1) is 9.96. The molecule has 0 aliphatic carbocycles. The first-order valence-electron chi connectivity index (χ1n) is 6.33. The molecule has 0 amide bonds. The molecule has 0 atom stereocenters. The Labute approximate surface area is 127 Å². The Hall–Kier alpha value is -1.87. The Morgan fingerprint density at radius 2 is 2.10 bits per heavy atom. The summed E-state index contributed by atoms with van der Waals surface area (Å²) in [6.45, 7) is 4.05. The van der Waals surface area contributed by atoms with Crippen molar-refractivity contribution >= 4 is 32.2 Å². The maximum Gasteiger partial charge on any atom is 0.267 e. The van der Waals surface area contributed by atoms with Crippen molar-refractivity contribution in [1.82, 2.24) is 10.2 Å². The van der Waals surface area contributed by atoms with Crippen molar-refractivity contribution in [3.8, 4) is 5.75 Å². The third-order valence-corrected chi connectivity index (χ3v) is 5.02. The number of aromatic nitrogens is 2. The zero-order valence-electron chi connectivity index (χ0n) is 11.7. The number of sulfonamides is 1. The first kappa shape index (κ1) is 15.5. The van der Waals surface area contributed by atoms with Gasteiger partial charge in [0.05, 0.1) is 6.61 Å². The molecular formula is C12H16N4O3S2. The summed E-state index contributed by atoms with van der Waals surface area (Å²) in [7, 11) is -3.83. The minimum absolute atomic E-state index is 0.0161. The van der Waals surface area contributed by atoms with Gasteiger partial charge in [0.25, 0.3) is 10.0 Å². The number of ether oxygens (including phenoxy) is 1. The summed E-state index contributed by atoms with van der Waals surface area (Å²) in [5.74, 6) is 0.249. The normalized spacial score (nSPS) is 11.3. The molecular weight excluding hydrogens is 312 g/mol. The van der Waals surface area contributed by atoms with Crippen LogP contribution in [-0.2, 0) is 16.4 Å². The molecule has 3 N–H and O–H groups in total. The maximum absolute atomic E-state index is 12.4. The monoisotopic (exact) mass is 328 g/mol. The largest absolute Gasteiger partial charge is 0.492 e. The molecule has 0 saturated heterocycles. The number of nitrogens with one attached hydrogen (secondary N) is 1. The predicted octanol–water partition coefficient (Wildman–Crippen LogP) is 1.88. The first-order valence-corrected chi connectivity index (χ1v) is 8.63. The van der Waals surface area contributed by atoms with Gasteiger partial charge < -0.3 is 10.5 Å². The molecule has 0 aliphatic rings. The molecule has 0 aliphatic heterocycles. The van der Waals surface area contributed by atoms with Gasteiger partial charge in [-0.05, 0) is 31.5 Å². The summed E-state index contributed by atoms with van der Waals surface area (Å²) in [5.41, 5.74) is 6.00. The number of aryl methyl sites for hydroxylation is 1. The molecule has 2 aromatic rings. The van der Waals surface area contributed by atoms with Crippen LogP contribution >= 0.6 is 11.3 Å². The van der Waals surface area contributed by atoms with Crippen LogP contribution in [-0.4, -0.2) is 25.2 Å². The third-order valence-electron chi connectivity index (χ3n) is 2.55. The smallest absolute Gasteiger partial charge is 0.267 e. The fraction of sp³-hybridized carbons (Fsp3) is 0.333. The van der Waals surface area contributed by atoms with Crippen LogP contribution in [0.15, 0.2) is 23.1 Å². The second kappa shape index (κ2) is 6.27.